The fourth-order valence-corrected chi connectivity index (χ4v) is 2.29. The molecule has 3 heteroatoms. The van der Waals surface area contributed by atoms with Gasteiger partial charge in [0.15, 0.2) is 0 Å². The lowest BCUT2D eigenvalue weighted by Gasteiger charge is -2.19. The number of hydrogen-bond donors (Lipinski definition) is 1. The molecule has 0 fully saturated rings. The molecule has 0 saturated carbocycles. The van der Waals surface area contributed by atoms with E-state index >= 15 is 0 Å². The first kappa shape index (κ1) is 14.7. The molecule has 2 rings (SSSR count). The molecular weight excluding hydrogens is 256 g/mol. The van der Waals surface area contributed by atoms with Crippen LogP contribution in [0.4, 0.5) is 8.78 Å². The first-order valence-electron chi connectivity index (χ1n) is 6.93. The van der Waals surface area contributed by atoms with Gasteiger partial charge < -0.3 is 5.32 Å². The van der Waals surface area contributed by atoms with Crippen molar-refractivity contribution in [1.82, 2.24) is 5.32 Å². The highest BCUT2D eigenvalue weighted by atomic mass is 19.1. The smallest absolute Gasteiger partial charge is 0.130 e. The molecule has 1 N–H and O–H groups in total. The van der Waals surface area contributed by atoms with Gasteiger partial charge in [0.2, 0.25) is 0 Å². The van der Waals surface area contributed by atoms with Crippen molar-refractivity contribution in [2.45, 2.75) is 32.4 Å². The zero-order valence-electron chi connectivity index (χ0n) is 11.6. The quantitative estimate of drug-likeness (QED) is 0.812. The molecule has 2 aromatic rings. The van der Waals surface area contributed by atoms with Gasteiger partial charge in [-0.15, -0.1) is 0 Å². The Morgan fingerprint density at radius 2 is 1.60 bits per heavy atom. The first-order valence-corrected chi connectivity index (χ1v) is 6.93. The number of rotatable bonds is 6. The molecule has 0 radical (unpaired) electrons. The maximum atomic E-state index is 13.6. The van der Waals surface area contributed by atoms with Crippen LogP contribution >= 0.6 is 0 Å². The second kappa shape index (κ2) is 7.15. The van der Waals surface area contributed by atoms with Crippen LogP contribution in [-0.2, 0) is 6.54 Å². The normalized spacial score (nSPS) is 12.3. The highest BCUT2D eigenvalue weighted by molar-refractivity contribution is 5.22. The molecule has 0 aliphatic heterocycles. The van der Waals surface area contributed by atoms with E-state index in [0.29, 0.717) is 0 Å². The van der Waals surface area contributed by atoms with Crippen molar-refractivity contribution in [3.05, 3.63) is 71.3 Å². The Morgan fingerprint density at radius 3 is 2.20 bits per heavy atom. The third-order valence-corrected chi connectivity index (χ3v) is 3.37. The van der Waals surface area contributed by atoms with Crippen LogP contribution in [0.5, 0.6) is 0 Å². The first-order chi connectivity index (χ1) is 9.72. The molecular formula is C17H19F2N. The van der Waals surface area contributed by atoms with Gasteiger partial charge in [0, 0.05) is 18.2 Å². The van der Waals surface area contributed by atoms with Crippen molar-refractivity contribution in [3.8, 4) is 0 Å². The van der Waals surface area contributed by atoms with Crippen molar-refractivity contribution < 1.29 is 8.78 Å². The van der Waals surface area contributed by atoms with Gasteiger partial charge in [-0.1, -0.05) is 49.7 Å². The van der Waals surface area contributed by atoms with E-state index in [9.17, 15) is 8.78 Å². The average molecular weight is 275 g/mol. The van der Waals surface area contributed by atoms with E-state index < -0.39 is 11.6 Å². The molecule has 0 amide bonds. The summed E-state index contributed by atoms with van der Waals surface area (Å²) in [6.45, 7) is 2.29. The molecule has 2 aromatic carbocycles. The summed E-state index contributed by atoms with van der Waals surface area (Å²) in [4.78, 5) is 0. The summed E-state index contributed by atoms with van der Waals surface area (Å²) >= 11 is 0. The molecule has 1 nitrogen and oxygen atoms in total. The topological polar surface area (TPSA) is 12.0 Å². The van der Waals surface area contributed by atoms with Gasteiger partial charge in [0.25, 0.3) is 0 Å². The summed E-state index contributed by atoms with van der Waals surface area (Å²) in [5.41, 5.74) is 1.25. The number of halogens is 2. The zero-order valence-corrected chi connectivity index (χ0v) is 11.6. The Morgan fingerprint density at radius 1 is 0.950 bits per heavy atom. The minimum atomic E-state index is -0.499. The van der Waals surface area contributed by atoms with E-state index in [-0.39, 0.29) is 18.2 Å². The van der Waals surface area contributed by atoms with E-state index in [1.807, 2.05) is 30.3 Å². The summed E-state index contributed by atoms with van der Waals surface area (Å²) in [6.07, 6.45) is 1.94. The molecule has 0 aromatic heterocycles. The summed E-state index contributed by atoms with van der Waals surface area (Å²) in [5.74, 6) is -0.998. The Labute approximate surface area is 118 Å². The predicted molar refractivity (Wildman–Crippen MR) is 77.3 cm³/mol. The van der Waals surface area contributed by atoms with Crippen LogP contribution in [0.15, 0.2) is 48.5 Å². The minimum absolute atomic E-state index is 0.101. The Hall–Kier alpha value is -1.74. The van der Waals surface area contributed by atoms with Crippen molar-refractivity contribution in [2.24, 2.45) is 0 Å². The molecule has 0 aliphatic rings. The molecule has 0 spiro atoms. The fourth-order valence-electron chi connectivity index (χ4n) is 2.29. The van der Waals surface area contributed by atoms with E-state index in [1.165, 1.54) is 18.2 Å². The zero-order chi connectivity index (χ0) is 14.4. The van der Waals surface area contributed by atoms with Gasteiger partial charge in [-0.25, -0.2) is 8.78 Å². The molecule has 106 valence electrons. The lowest BCUT2D eigenvalue weighted by atomic mass is 10.0. The Balaban J connectivity index is 2.10. The molecule has 1 unspecified atom stereocenters. The lowest BCUT2D eigenvalue weighted by Crippen LogP contribution is -2.22. The highest BCUT2D eigenvalue weighted by Gasteiger charge is 2.13. The molecule has 20 heavy (non-hydrogen) atoms. The van der Waals surface area contributed by atoms with Crippen molar-refractivity contribution in [2.75, 3.05) is 0 Å². The summed E-state index contributed by atoms with van der Waals surface area (Å²) in [7, 11) is 0. The minimum Gasteiger partial charge on any atom is -0.306 e. The molecule has 0 saturated heterocycles. The molecule has 0 bridgehead atoms. The second-order valence-corrected chi connectivity index (χ2v) is 4.83. The van der Waals surface area contributed by atoms with Crippen LogP contribution in [0.1, 0.15) is 36.9 Å². The lowest BCUT2D eigenvalue weighted by molar-refractivity contribution is 0.468. The van der Waals surface area contributed by atoms with Crippen LogP contribution in [0.25, 0.3) is 0 Å². The molecule has 1 atom stereocenters. The van der Waals surface area contributed by atoms with Gasteiger partial charge >= 0.3 is 0 Å². The van der Waals surface area contributed by atoms with E-state index in [4.69, 9.17) is 0 Å². The highest BCUT2D eigenvalue weighted by Crippen LogP contribution is 2.20. The number of nitrogens with one attached hydrogen (secondary N) is 1. The third kappa shape index (κ3) is 3.64. The molecule has 0 heterocycles. The predicted octanol–water partition coefficient (Wildman–Crippen LogP) is 4.60. The maximum Gasteiger partial charge on any atom is 0.130 e. The van der Waals surface area contributed by atoms with E-state index in [0.717, 1.165) is 18.4 Å². The Bertz CT molecular complexity index is 520. The average Bonchev–Trinajstić information content (AvgIpc) is 2.46. The van der Waals surface area contributed by atoms with E-state index in [1.54, 1.807) is 0 Å². The van der Waals surface area contributed by atoms with Gasteiger partial charge in [-0.3, -0.25) is 0 Å². The molecule has 0 aliphatic carbocycles. The van der Waals surface area contributed by atoms with Gasteiger partial charge in [0.1, 0.15) is 11.6 Å². The summed E-state index contributed by atoms with van der Waals surface area (Å²) in [5, 5.41) is 3.25. The van der Waals surface area contributed by atoms with Crippen molar-refractivity contribution in [3.63, 3.8) is 0 Å². The van der Waals surface area contributed by atoms with Crippen LogP contribution in [0, 0.1) is 11.6 Å². The fraction of sp³-hybridized carbons (Fsp3) is 0.294. The summed E-state index contributed by atoms with van der Waals surface area (Å²) < 4.78 is 27.2. The van der Waals surface area contributed by atoms with Crippen LogP contribution in [-0.4, -0.2) is 0 Å². The monoisotopic (exact) mass is 275 g/mol. The number of benzene rings is 2. The van der Waals surface area contributed by atoms with E-state index in [2.05, 4.69) is 12.2 Å². The number of hydrogen-bond acceptors (Lipinski definition) is 1. The van der Waals surface area contributed by atoms with Crippen LogP contribution in [0.3, 0.4) is 0 Å². The maximum absolute atomic E-state index is 13.6. The van der Waals surface area contributed by atoms with Crippen LogP contribution < -0.4 is 5.32 Å². The van der Waals surface area contributed by atoms with Crippen molar-refractivity contribution in [1.29, 1.82) is 0 Å². The summed E-state index contributed by atoms with van der Waals surface area (Å²) in [6, 6.07) is 14.1. The largest absolute Gasteiger partial charge is 0.306 e. The standard InChI is InChI=1S/C17H19F2N/c1-2-7-17(13-8-4-3-5-9-13)20-12-14-15(18)10-6-11-16(14)19/h3-6,8-11,17,20H,2,7,12H2,1H3. The van der Waals surface area contributed by atoms with Gasteiger partial charge in [-0.2, -0.15) is 0 Å². The van der Waals surface area contributed by atoms with Crippen molar-refractivity contribution >= 4 is 0 Å². The van der Waals surface area contributed by atoms with Gasteiger partial charge in [0.05, 0.1) is 0 Å². The SMILES string of the molecule is CCCC(NCc1c(F)cccc1F)c1ccccc1. The Kier molecular flexibility index (Phi) is 5.24. The second-order valence-electron chi connectivity index (χ2n) is 4.83. The third-order valence-electron chi connectivity index (χ3n) is 3.37. The van der Waals surface area contributed by atoms with Gasteiger partial charge in [-0.05, 0) is 24.1 Å². The van der Waals surface area contributed by atoms with Crippen LogP contribution in [0.2, 0.25) is 0 Å².